The summed E-state index contributed by atoms with van der Waals surface area (Å²) in [6.07, 6.45) is 0.639. The molecule has 1 aromatic rings. The van der Waals surface area contributed by atoms with Crippen molar-refractivity contribution < 1.29 is 19.4 Å². The first-order chi connectivity index (χ1) is 7.22. The van der Waals surface area contributed by atoms with E-state index in [4.69, 9.17) is 9.84 Å². The van der Waals surface area contributed by atoms with Crippen molar-refractivity contribution in [2.24, 2.45) is 0 Å². The van der Waals surface area contributed by atoms with Crippen LogP contribution in [0.4, 0.5) is 0 Å². The van der Waals surface area contributed by atoms with Gasteiger partial charge in [-0.2, -0.15) is 0 Å². The lowest BCUT2D eigenvalue weighted by Crippen LogP contribution is -2.06. The molecule has 0 bridgehead atoms. The molecule has 0 spiro atoms. The number of carbonyl (C=O) groups is 2. The second kappa shape index (κ2) is 5.26. The first-order valence-corrected chi connectivity index (χ1v) is 4.59. The van der Waals surface area contributed by atoms with Crippen LogP contribution in [0.5, 0.6) is 0 Å². The van der Waals surface area contributed by atoms with Gasteiger partial charge in [0.05, 0.1) is 18.8 Å². The molecule has 0 radical (unpaired) electrons. The molecule has 1 rings (SSSR count). The van der Waals surface area contributed by atoms with Crippen LogP contribution in [-0.4, -0.2) is 24.0 Å². The molecule has 0 aliphatic rings. The largest absolute Gasteiger partial charge is 0.462 e. The number of aliphatic hydroxyl groups is 1. The molecule has 0 aliphatic carbocycles. The van der Waals surface area contributed by atoms with Crippen LogP contribution >= 0.6 is 0 Å². The Balaban J connectivity index is 3.02. The predicted molar refractivity (Wildman–Crippen MR) is 53.7 cm³/mol. The summed E-state index contributed by atoms with van der Waals surface area (Å²) in [6, 6.07) is 4.45. The van der Waals surface area contributed by atoms with Gasteiger partial charge in [0, 0.05) is 5.56 Å². The number of hydrogen-bond donors (Lipinski definition) is 1. The van der Waals surface area contributed by atoms with Crippen LogP contribution in [0.3, 0.4) is 0 Å². The first kappa shape index (κ1) is 11.4. The van der Waals surface area contributed by atoms with Gasteiger partial charge in [-0.25, -0.2) is 4.79 Å². The van der Waals surface area contributed by atoms with Crippen LogP contribution in [0, 0.1) is 0 Å². The summed E-state index contributed by atoms with van der Waals surface area (Å²) in [4.78, 5) is 21.9. The van der Waals surface area contributed by atoms with Crippen molar-refractivity contribution >= 4 is 12.3 Å². The molecule has 0 unspecified atom stereocenters. The molecule has 0 amide bonds. The molecule has 0 fully saturated rings. The van der Waals surface area contributed by atoms with Crippen molar-refractivity contribution in [2.75, 3.05) is 6.61 Å². The molecule has 0 saturated carbocycles. The van der Waals surface area contributed by atoms with E-state index in [1.54, 1.807) is 6.92 Å². The summed E-state index contributed by atoms with van der Waals surface area (Å²) in [6.45, 7) is 1.73. The second-order valence-corrected chi connectivity index (χ2v) is 2.91. The Kier molecular flexibility index (Phi) is 4.00. The Labute approximate surface area is 87.5 Å². The molecule has 0 aliphatic heterocycles. The van der Waals surface area contributed by atoms with E-state index in [9.17, 15) is 9.59 Å². The van der Waals surface area contributed by atoms with Crippen molar-refractivity contribution in [2.45, 2.75) is 13.5 Å². The molecule has 1 N–H and O–H groups in total. The average molecular weight is 208 g/mol. The number of hydrogen-bond acceptors (Lipinski definition) is 4. The molecule has 0 heterocycles. The Morgan fingerprint density at radius 2 is 2.27 bits per heavy atom. The van der Waals surface area contributed by atoms with Gasteiger partial charge in [-0.05, 0) is 24.6 Å². The van der Waals surface area contributed by atoms with E-state index < -0.39 is 5.97 Å². The highest BCUT2D eigenvalue weighted by Gasteiger charge is 2.09. The standard InChI is InChI=1S/C11H12O4/c1-2-15-11(14)8-3-4-9(6-12)10(5-8)7-13/h3-6,13H,2,7H2,1H3. The minimum atomic E-state index is -0.454. The van der Waals surface area contributed by atoms with E-state index in [0.717, 1.165) is 0 Å². The molecule has 0 aromatic heterocycles. The summed E-state index contributed by atoms with van der Waals surface area (Å²) in [5.74, 6) is -0.454. The minimum absolute atomic E-state index is 0.276. The maximum absolute atomic E-state index is 11.3. The third-order valence-corrected chi connectivity index (χ3v) is 1.95. The number of benzene rings is 1. The van der Waals surface area contributed by atoms with Crippen molar-refractivity contribution in [3.8, 4) is 0 Å². The zero-order chi connectivity index (χ0) is 11.3. The first-order valence-electron chi connectivity index (χ1n) is 4.59. The quantitative estimate of drug-likeness (QED) is 0.596. The lowest BCUT2D eigenvalue weighted by atomic mass is 10.1. The smallest absolute Gasteiger partial charge is 0.338 e. The molecule has 0 atom stereocenters. The van der Waals surface area contributed by atoms with Crippen LogP contribution in [0.1, 0.15) is 33.2 Å². The molecule has 15 heavy (non-hydrogen) atoms. The zero-order valence-electron chi connectivity index (χ0n) is 8.40. The van der Waals surface area contributed by atoms with Gasteiger partial charge in [-0.1, -0.05) is 6.07 Å². The SMILES string of the molecule is CCOC(=O)c1ccc(C=O)c(CO)c1. The topological polar surface area (TPSA) is 63.6 Å². The Hall–Kier alpha value is -1.68. The number of aldehydes is 1. The fourth-order valence-corrected chi connectivity index (χ4v) is 1.20. The Morgan fingerprint density at radius 3 is 2.80 bits per heavy atom. The Morgan fingerprint density at radius 1 is 1.53 bits per heavy atom. The highest BCUT2D eigenvalue weighted by molar-refractivity contribution is 5.91. The van der Waals surface area contributed by atoms with Gasteiger partial charge in [0.25, 0.3) is 0 Å². The fraction of sp³-hybridized carbons (Fsp3) is 0.273. The van der Waals surface area contributed by atoms with Crippen LogP contribution < -0.4 is 0 Å². The van der Waals surface area contributed by atoms with Gasteiger partial charge in [-0.15, -0.1) is 0 Å². The number of rotatable bonds is 4. The lowest BCUT2D eigenvalue weighted by Gasteiger charge is -2.05. The summed E-state index contributed by atoms with van der Waals surface area (Å²) >= 11 is 0. The van der Waals surface area contributed by atoms with Crippen molar-refractivity contribution in [3.05, 3.63) is 34.9 Å². The number of esters is 1. The average Bonchev–Trinajstić information content (AvgIpc) is 2.28. The van der Waals surface area contributed by atoms with Crippen molar-refractivity contribution in [1.29, 1.82) is 0 Å². The van der Waals surface area contributed by atoms with Gasteiger partial charge < -0.3 is 9.84 Å². The maximum atomic E-state index is 11.3. The summed E-state index contributed by atoms with van der Waals surface area (Å²) < 4.78 is 4.79. The zero-order valence-corrected chi connectivity index (χ0v) is 8.40. The molecule has 0 saturated heterocycles. The third kappa shape index (κ3) is 2.63. The molecule has 1 aromatic carbocycles. The van der Waals surface area contributed by atoms with Crippen LogP contribution in [0.15, 0.2) is 18.2 Å². The number of ether oxygens (including phenoxy) is 1. The summed E-state index contributed by atoms with van der Waals surface area (Å²) in [5, 5.41) is 8.97. The predicted octanol–water partition coefficient (Wildman–Crippen LogP) is 1.17. The Bertz CT molecular complexity index is 371. The van der Waals surface area contributed by atoms with E-state index in [1.165, 1.54) is 18.2 Å². The fourth-order valence-electron chi connectivity index (χ4n) is 1.20. The summed E-state index contributed by atoms with van der Waals surface area (Å²) in [7, 11) is 0. The van der Waals surface area contributed by atoms with Crippen molar-refractivity contribution in [1.82, 2.24) is 0 Å². The van der Waals surface area contributed by atoms with Gasteiger partial charge in [0.2, 0.25) is 0 Å². The molecule has 4 heteroatoms. The monoisotopic (exact) mass is 208 g/mol. The molecule has 80 valence electrons. The number of aliphatic hydroxyl groups excluding tert-OH is 1. The van der Waals surface area contributed by atoms with Crippen molar-refractivity contribution in [3.63, 3.8) is 0 Å². The van der Waals surface area contributed by atoms with E-state index in [2.05, 4.69) is 0 Å². The van der Waals surface area contributed by atoms with Crippen LogP contribution in [0.25, 0.3) is 0 Å². The van der Waals surface area contributed by atoms with Gasteiger partial charge in [0.15, 0.2) is 0 Å². The van der Waals surface area contributed by atoms with Crippen LogP contribution in [-0.2, 0) is 11.3 Å². The normalized spacial score (nSPS) is 9.73. The summed E-state index contributed by atoms with van der Waals surface area (Å²) in [5.41, 5.74) is 1.15. The molecule has 4 nitrogen and oxygen atoms in total. The highest BCUT2D eigenvalue weighted by atomic mass is 16.5. The minimum Gasteiger partial charge on any atom is -0.462 e. The van der Waals surface area contributed by atoms with E-state index in [1.807, 2.05) is 0 Å². The molecular weight excluding hydrogens is 196 g/mol. The van der Waals surface area contributed by atoms with Gasteiger partial charge in [0.1, 0.15) is 6.29 Å². The highest BCUT2D eigenvalue weighted by Crippen LogP contribution is 2.11. The van der Waals surface area contributed by atoms with E-state index in [0.29, 0.717) is 29.6 Å². The number of carbonyl (C=O) groups excluding carboxylic acids is 2. The molecular formula is C11H12O4. The lowest BCUT2D eigenvalue weighted by molar-refractivity contribution is 0.0526. The van der Waals surface area contributed by atoms with E-state index >= 15 is 0 Å². The van der Waals surface area contributed by atoms with Crippen LogP contribution in [0.2, 0.25) is 0 Å². The van der Waals surface area contributed by atoms with Gasteiger partial charge >= 0.3 is 5.97 Å². The maximum Gasteiger partial charge on any atom is 0.338 e. The second-order valence-electron chi connectivity index (χ2n) is 2.91. The van der Waals surface area contributed by atoms with E-state index in [-0.39, 0.29) is 6.61 Å². The third-order valence-electron chi connectivity index (χ3n) is 1.95. The van der Waals surface area contributed by atoms with Gasteiger partial charge in [-0.3, -0.25) is 4.79 Å².